The third-order valence-corrected chi connectivity index (χ3v) is 4.52. The molecule has 2 aromatic rings. The van der Waals surface area contributed by atoms with Gasteiger partial charge < -0.3 is 14.0 Å². The van der Waals surface area contributed by atoms with Gasteiger partial charge in [-0.05, 0) is 32.0 Å². The molecule has 3 rings (SSSR count). The molecule has 1 aromatic heterocycles. The Balaban J connectivity index is 1.93. The Hall–Kier alpha value is -2.39. The zero-order chi connectivity index (χ0) is 19.6. The van der Waals surface area contributed by atoms with Crippen LogP contribution in [0.5, 0.6) is 5.75 Å². The Morgan fingerprint density at radius 1 is 1.44 bits per heavy atom. The predicted molar refractivity (Wildman–Crippen MR) is 102 cm³/mol. The molecule has 2 heterocycles. The predicted octanol–water partition coefficient (Wildman–Crippen LogP) is 2.23. The molecule has 0 spiro atoms. The number of carbonyl (C=O) groups excluding carboxylic acids is 2. The molecule has 1 N–H and O–H groups in total. The largest absolute Gasteiger partial charge is 0.491 e. The topological polar surface area (TPSA) is 85.7 Å². The van der Waals surface area contributed by atoms with Gasteiger partial charge in [0.1, 0.15) is 30.5 Å². The van der Waals surface area contributed by atoms with E-state index >= 15 is 0 Å². The number of nitrogens with one attached hydrogen (secondary N) is 1. The molecule has 144 valence electrons. The first-order valence-corrected chi connectivity index (χ1v) is 9.32. The van der Waals surface area contributed by atoms with Crippen LogP contribution in [-0.4, -0.2) is 52.7 Å². The quantitative estimate of drug-likeness (QED) is 0.742. The molecular formula is C18H21BrN4O4. The summed E-state index contributed by atoms with van der Waals surface area (Å²) in [5.41, 5.74) is 3.65. The van der Waals surface area contributed by atoms with E-state index in [2.05, 4.69) is 26.3 Å². The molecule has 27 heavy (non-hydrogen) atoms. The van der Waals surface area contributed by atoms with Gasteiger partial charge >= 0.3 is 0 Å². The van der Waals surface area contributed by atoms with Crippen LogP contribution in [0.2, 0.25) is 0 Å². The summed E-state index contributed by atoms with van der Waals surface area (Å²) in [6.45, 7) is 4.54. The van der Waals surface area contributed by atoms with Crippen molar-refractivity contribution in [2.75, 3.05) is 20.3 Å². The van der Waals surface area contributed by atoms with E-state index in [1.807, 2.05) is 36.6 Å². The van der Waals surface area contributed by atoms with Gasteiger partial charge in [-0.3, -0.25) is 15.0 Å². The number of nitrogens with zero attached hydrogens (tertiary/aromatic N) is 3. The molecule has 0 radical (unpaired) electrons. The van der Waals surface area contributed by atoms with Crippen LogP contribution in [-0.2, 0) is 16.1 Å². The van der Waals surface area contributed by atoms with Crippen molar-refractivity contribution in [1.82, 2.24) is 20.0 Å². The molecule has 0 fully saturated rings. The number of methoxy groups -OCH3 is 1. The Kier molecular flexibility index (Phi) is 5.81. The average molecular weight is 437 g/mol. The monoisotopic (exact) mass is 436 g/mol. The van der Waals surface area contributed by atoms with Crippen molar-refractivity contribution in [3.05, 3.63) is 34.6 Å². The van der Waals surface area contributed by atoms with E-state index in [1.165, 1.54) is 12.1 Å². The maximum absolute atomic E-state index is 13.0. The van der Waals surface area contributed by atoms with Gasteiger partial charge in [0.25, 0.3) is 11.8 Å². The first-order chi connectivity index (χ1) is 12.9. The van der Waals surface area contributed by atoms with Crippen molar-refractivity contribution in [2.24, 2.45) is 0 Å². The Bertz CT molecular complexity index is 865. The minimum absolute atomic E-state index is 0.129. The van der Waals surface area contributed by atoms with E-state index in [0.717, 1.165) is 10.0 Å². The second kappa shape index (κ2) is 8.10. The maximum Gasteiger partial charge on any atom is 0.292 e. The van der Waals surface area contributed by atoms with Crippen LogP contribution in [0.3, 0.4) is 0 Å². The summed E-state index contributed by atoms with van der Waals surface area (Å²) in [6, 6.07) is 5.44. The number of rotatable bonds is 4. The number of hydrogen-bond acceptors (Lipinski definition) is 5. The number of benzene rings is 1. The molecule has 1 aliphatic rings. The fourth-order valence-corrected chi connectivity index (χ4v) is 3.13. The molecular weight excluding hydrogens is 416 g/mol. The SMILES string of the molecule is COCC(=O)NN(C(=O)c1cn2c(n1)-c1ccc(Br)cc1OCC2)C(C)C. The molecule has 1 aromatic carbocycles. The molecule has 0 aliphatic carbocycles. The van der Waals surface area contributed by atoms with E-state index in [-0.39, 0.29) is 24.2 Å². The highest BCUT2D eigenvalue weighted by Crippen LogP contribution is 2.34. The van der Waals surface area contributed by atoms with Crippen molar-refractivity contribution in [2.45, 2.75) is 26.4 Å². The van der Waals surface area contributed by atoms with Crippen LogP contribution in [0, 0.1) is 0 Å². The summed E-state index contributed by atoms with van der Waals surface area (Å²) in [5, 5.41) is 1.27. The number of amides is 2. The first kappa shape index (κ1) is 19.4. The number of ether oxygens (including phenoxy) is 2. The van der Waals surface area contributed by atoms with Gasteiger partial charge in [-0.1, -0.05) is 15.9 Å². The van der Waals surface area contributed by atoms with Gasteiger partial charge in [0.15, 0.2) is 0 Å². The minimum Gasteiger partial charge on any atom is -0.491 e. The van der Waals surface area contributed by atoms with Crippen LogP contribution in [0.25, 0.3) is 11.4 Å². The molecule has 8 nitrogen and oxygen atoms in total. The first-order valence-electron chi connectivity index (χ1n) is 8.52. The van der Waals surface area contributed by atoms with Gasteiger partial charge in [0.05, 0.1) is 12.1 Å². The van der Waals surface area contributed by atoms with Crippen LogP contribution in [0.1, 0.15) is 24.3 Å². The molecule has 1 aliphatic heterocycles. The molecule has 0 saturated carbocycles. The lowest BCUT2D eigenvalue weighted by Crippen LogP contribution is -2.51. The van der Waals surface area contributed by atoms with E-state index in [0.29, 0.717) is 24.7 Å². The summed E-state index contributed by atoms with van der Waals surface area (Å²) in [6.07, 6.45) is 1.69. The zero-order valence-corrected chi connectivity index (χ0v) is 16.9. The van der Waals surface area contributed by atoms with Crippen LogP contribution in [0.4, 0.5) is 0 Å². The number of halogens is 1. The normalized spacial score (nSPS) is 12.6. The highest BCUT2D eigenvalue weighted by atomic mass is 79.9. The molecule has 0 atom stereocenters. The van der Waals surface area contributed by atoms with Gasteiger partial charge in [0, 0.05) is 23.8 Å². The van der Waals surface area contributed by atoms with Crippen molar-refractivity contribution < 1.29 is 19.1 Å². The third kappa shape index (κ3) is 4.14. The number of hydrazine groups is 1. The lowest BCUT2D eigenvalue weighted by molar-refractivity contribution is -0.129. The van der Waals surface area contributed by atoms with Crippen molar-refractivity contribution in [1.29, 1.82) is 0 Å². The number of hydrogen-bond donors (Lipinski definition) is 1. The second-order valence-electron chi connectivity index (χ2n) is 6.37. The maximum atomic E-state index is 13.0. The molecule has 0 unspecified atom stereocenters. The Labute approximate surface area is 165 Å². The molecule has 9 heteroatoms. The lowest BCUT2D eigenvalue weighted by atomic mass is 10.2. The number of imidazole rings is 1. The molecule has 2 amide bonds. The van der Waals surface area contributed by atoms with E-state index in [9.17, 15) is 9.59 Å². The second-order valence-corrected chi connectivity index (χ2v) is 7.28. The van der Waals surface area contributed by atoms with Gasteiger partial charge in [-0.25, -0.2) is 9.99 Å². The summed E-state index contributed by atoms with van der Waals surface area (Å²) in [4.78, 5) is 29.3. The van der Waals surface area contributed by atoms with E-state index in [4.69, 9.17) is 9.47 Å². The fraction of sp³-hybridized carbons (Fsp3) is 0.389. The van der Waals surface area contributed by atoms with Crippen molar-refractivity contribution in [3.63, 3.8) is 0 Å². The average Bonchev–Trinajstić information content (AvgIpc) is 2.96. The highest BCUT2D eigenvalue weighted by molar-refractivity contribution is 9.10. The number of aromatic nitrogens is 2. The molecule has 0 saturated heterocycles. The number of fused-ring (bicyclic) bond motifs is 3. The Morgan fingerprint density at radius 2 is 2.22 bits per heavy atom. The summed E-state index contributed by atoms with van der Waals surface area (Å²) in [7, 11) is 1.42. The Morgan fingerprint density at radius 3 is 2.93 bits per heavy atom. The summed E-state index contributed by atoms with van der Waals surface area (Å²) < 4.78 is 13.4. The van der Waals surface area contributed by atoms with E-state index < -0.39 is 5.91 Å². The van der Waals surface area contributed by atoms with Crippen LogP contribution >= 0.6 is 15.9 Å². The van der Waals surface area contributed by atoms with Gasteiger partial charge in [0.2, 0.25) is 0 Å². The van der Waals surface area contributed by atoms with Crippen molar-refractivity contribution in [3.8, 4) is 17.1 Å². The number of carbonyl (C=O) groups is 2. The minimum atomic E-state index is -0.399. The zero-order valence-electron chi connectivity index (χ0n) is 15.4. The van der Waals surface area contributed by atoms with Crippen LogP contribution in [0.15, 0.2) is 28.9 Å². The fourth-order valence-electron chi connectivity index (χ4n) is 2.79. The van der Waals surface area contributed by atoms with Gasteiger partial charge in [-0.15, -0.1) is 0 Å². The highest BCUT2D eigenvalue weighted by Gasteiger charge is 2.26. The van der Waals surface area contributed by atoms with Gasteiger partial charge in [-0.2, -0.15) is 0 Å². The third-order valence-electron chi connectivity index (χ3n) is 4.03. The standard InChI is InChI=1S/C18H21BrN4O4/c1-11(2)23(21-16(24)10-26-3)18(25)14-9-22-6-7-27-15-8-12(19)4-5-13(15)17(22)20-14/h4-5,8-9,11H,6-7,10H2,1-3H3,(H,21,24). The van der Waals surface area contributed by atoms with Crippen LogP contribution < -0.4 is 10.2 Å². The van der Waals surface area contributed by atoms with E-state index in [1.54, 1.807) is 6.20 Å². The van der Waals surface area contributed by atoms with Crippen molar-refractivity contribution >= 4 is 27.7 Å². The molecule has 0 bridgehead atoms. The summed E-state index contributed by atoms with van der Waals surface area (Å²) >= 11 is 3.44. The smallest absolute Gasteiger partial charge is 0.292 e. The lowest BCUT2D eigenvalue weighted by Gasteiger charge is -2.26. The summed E-state index contributed by atoms with van der Waals surface area (Å²) in [5.74, 6) is 0.589.